The van der Waals surface area contributed by atoms with E-state index in [-0.39, 0.29) is 0 Å². The predicted octanol–water partition coefficient (Wildman–Crippen LogP) is 1.59. The highest BCUT2D eigenvalue weighted by molar-refractivity contribution is 5.28. The maximum atomic E-state index is 5.64. The highest BCUT2D eigenvalue weighted by Gasteiger charge is 2.21. The largest absolute Gasteiger partial charge is 0.379 e. The zero-order chi connectivity index (χ0) is 13.8. The third kappa shape index (κ3) is 4.42. The van der Waals surface area contributed by atoms with E-state index < -0.39 is 0 Å². The summed E-state index contributed by atoms with van der Waals surface area (Å²) >= 11 is 0. The third-order valence-electron chi connectivity index (χ3n) is 3.83. The normalized spacial score (nSPS) is 18.2. The number of anilines is 1. The fourth-order valence-electron chi connectivity index (χ4n) is 2.02. The minimum absolute atomic E-state index is 0.723. The van der Waals surface area contributed by atoms with Crippen LogP contribution in [0.1, 0.15) is 31.2 Å². The maximum absolute atomic E-state index is 5.64. The first-order valence-corrected chi connectivity index (χ1v) is 7.64. The van der Waals surface area contributed by atoms with Crippen molar-refractivity contribution in [2.75, 3.05) is 31.7 Å². The topological polar surface area (TPSA) is 50.3 Å². The lowest BCUT2D eigenvalue weighted by Gasteiger charge is -2.17. The van der Waals surface area contributed by atoms with Gasteiger partial charge in [-0.05, 0) is 31.6 Å². The minimum atomic E-state index is 0.723. The lowest BCUT2D eigenvalue weighted by Crippen LogP contribution is -2.25. The van der Waals surface area contributed by atoms with E-state index in [1.54, 1.807) is 0 Å². The predicted molar refractivity (Wildman–Crippen MR) is 78.7 cm³/mol. The summed E-state index contributed by atoms with van der Waals surface area (Å²) in [5, 5.41) is 3.47. The molecule has 2 aliphatic carbocycles. The first kappa shape index (κ1) is 13.8. The van der Waals surface area contributed by atoms with Crippen molar-refractivity contribution in [2.45, 2.75) is 38.3 Å². The molecule has 0 atom stereocenters. The van der Waals surface area contributed by atoms with E-state index >= 15 is 0 Å². The van der Waals surface area contributed by atoms with Crippen LogP contribution in [0.5, 0.6) is 0 Å². The molecular formula is C15H24N4O. The van der Waals surface area contributed by atoms with Crippen molar-refractivity contribution in [1.29, 1.82) is 0 Å². The SMILES string of the molecule is CN(CCOCC1CC1)c1ncc(CNC2CC2)cn1. The van der Waals surface area contributed by atoms with E-state index in [2.05, 4.69) is 15.3 Å². The van der Waals surface area contributed by atoms with Crippen molar-refractivity contribution in [2.24, 2.45) is 5.92 Å². The Kier molecular flexibility index (Phi) is 4.47. The van der Waals surface area contributed by atoms with E-state index in [0.717, 1.165) is 49.8 Å². The second-order valence-electron chi connectivity index (χ2n) is 5.99. The summed E-state index contributed by atoms with van der Waals surface area (Å²) in [6.45, 7) is 3.38. The van der Waals surface area contributed by atoms with E-state index in [9.17, 15) is 0 Å². The Labute approximate surface area is 120 Å². The van der Waals surface area contributed by atoms with E-state index in [1.165, 1.54) is 25.7 Å². The Bertz CT molecular complexity index is 414. The molecule has 0 aliphatic heterocycles. The van der Waals surface area contributed by atoms with Crippen LogP contribution < -0.4 is 10.2 Å². The summed E-state index contributed by atoms with van der Waals surface area (Å²) in [5.41, 5.74) is 1.15. The zero-order valence-corrected chi connectivity index (χ0v) is 12.2. The Morgan fingerprint density at radius 2 is 2.00 bits per heavy atom. The summed E-state index contributed by atoms with van der Waals surface area (Å²) in [6.07, 6.45) is 9.13. The molecule has 5 heteroatoms. The van der Waals surface area contributed by atoms with E-state index in [1.807, 2.05) is 24.3 Å². The second kappa shape index (κ2) is 6.50. The summed E-state index contributed by atoms with van der Waals surface area (Å²) in [7, 11) is 2.01. The fourth-order valence-corrected chi connectivity index (χ4v) is 2.02. The van der Waals surface area contributed by atoms with Gasteiger partial charge in [0.25, 0.3) is 0 Å². The molecule has 110 valence electrons. The van der Waals surface area contributed by atoms with Crippen molar-refractivity contribution < 1.29 is 4.74 Å². The van der Waals surface area contributed by atoms with Gasteiger partial charge < -0.3 is 15.0 Å². The molecule has 1 aromatic heterocycles. The average Bonchev–Trinajstić information content (AvgIpc) is 3.36. The third-order valence-corrected chi connectivity index (χ3v) is 3.83. The molecule has 0 amide bonds. The van der Waals surface area contributed by atoms with Crippen LogP contribution in [0.15, 0.2) is 12.4 Å². The smallest absolute Gasteiger partial charge is 0.225 e. The molecule has 0 bridgehead atoms. The van der Waals surface area contributed by atoms with Crippen molar-refractivity contribution in [3.63, 3.8) is 0 Å². The highest BCUT2D eigenvalue weighted by Crippen LogP contribution is 2.28. The molecule has 5 nitrogen and oxygen atoms in total. The van der Waals surface area contributed by atoms with Gasteiger partial charge in [-0.1, -0.05) is 0 Å². The first-order chi connectivity index (χ1) is 9.81. The lowest BCUT2D eigenvalue weighted by molar-refractivity contribution is 0.130. The maximum Gasteiger partial charge on any atom is 0.225 e. The fraction of sp³-hybridized carbons (Fsp3) is 0.733. The second-order valence-corrected chi connectivity index (χ2v) is 5.99. The molecule has 0 saturated heterocycles. The van der Waals surface area contributed by atoms with Crippen molar-refractivity contribution in [3.05, 3.63) is 18.0 Å². The Morgan fingerprint density at radius 3 is 2.65 bits per heavy atom. The monoisotopic (exact) mass is 276 g/mol. The molecule has 0 spiro atoms. The number of hydrogen-bond acceptors (Lipinski definition) is 5. The zero-order valence-electron chi connectivity index (χ0n) is 12.2. The number of nitrogens with one attached hydrogen (secondary N) is 1. The quantitative estimate of drug-likeness (QED) is 0.694. The van der Waals surface area contributed by atoms with Gasteiger partial charge in [0.05, 0.1) is 6.61 Å². The molecule has 2 saturated carbocycles. The Hall–Kier alpha value is -1.20. The van der Waals surface area contributed by atoms with Crippen LogP contribution in [0.2, 0.25) is 0 Å². The van der Waals surface area contributed by atoms with Gasteiger partial charge in [0.15, 0.2) is 0 Å². The minimum Gasteiger partial charge on any atom is -0.379 e. The molecule has 0 radical (unpaired) electrons. The highest BCUT2D eigenvalue weighted by atomic mass is 16.5. The van der Waals surface area contributed by atoms with Crippen LogP contribution in [-0.2, 0) is 11.3 Å². The van der Waals surface area contributed by atoms with Gasteiger partial charge in [-0.25, -0.2) is 9.97 Å². The van der Waals surface area contributed by atoms with Gasteiger partial charge in [0, 0.05) is 50.7 Å². The number of nitrogens with zero attached hydrogens (tertiary/aromatic N) is 3. The van der Waals surface area contributed by atoms with Gasteiger partial charge in [-0.3, -0.25) is 0 Å². The van der Waals surface area contributed by atoms with Crippen LogP contribution in [0, 0.1) is 5.92 Å². The van der Waals surface area contributed by atoms with Crippen LogP contribution in [-0.4, -0.2) is 42.8 Å². The van der Waals surface area contributed by atoms with Gasteiger partial charge in [-0.15, -0.1) is 0 Å². The lowest BCUT2D eigenvalue weighted by atomic mass is 10.3. The van der Waals surface area contributed by atoms with Crippen molar-refractivity contribution in [3.8, 4) is 0 Å². The van der Waals surface area contributed by atoms with Gasteiger partial charge in [-0.2, -0.15) is 0 Å². The van der Waals surface area contributed by atoms with Crippen molar-refractivity contribution >= 4 is 5.95 Å². The summed E-state index contributed by atoms with van der Waals surface area (Å²) in [5.74, 6) is 1.60. The number of aromatic nitrogens is 2. The van der Waals surface area contributed by atoms with Gasteiger partial charge >= 0.3 is 0 Å². The number of hydrogen-bond donors (Lipinski definition) is 1. The number of rotatable bonds is 9. The van der Waals surface area contributed by atoms with Gasteiger partial charge in [0.2, 0.25) is 5.95 Å². The number of ether oxygens (including phenoxy) is 1. The molecule has 2 fully saturated rings. The van der Waals surface area contributed by atoms with Gasteiger partial charge in [0.1, 0.15) is 0 Å². The number of likely N-dealkylation sites (N-methyl/N-ethyl adjacent to an activating group) is 1. The Morgan fingerprint density at radius 1 is 1.25 bits per heavy atom. The van der Waals surface area contributed by atoms with E-state index in [0.29, 0.717) is 0 Å². The molecule has 0 aromatic carbocycles. The molecule has 0 unspecified atom stereocenters. The summed E-state index contributed by atoms with van der Waals surface area (Å²) < 4.78 is 5.64. The standard InChI is InChI=1S/C15H24N4O/c1-19(6-7-20-11-12-2-3-12)15-17-9-13(10-18-15)8-16-14-4-5-14/h9-10,12,14,16H,2-8,11H2,1H3. The Balaban J connectivity index is 1.38. The van der Waals surface area contributed by atoms with E-state index in [4.69, 9.17) is 4.74 Å². The molecule has 2 aliphatic rings. The molecule has 1 heterocycles. The molecule has 1 N–H and O–H groups in total. The summed E-state index contributed by atoms with van der Waals surface area (Å²) in [4.78, 5) is 10.9. The average molecular weight is 276 g/mol. The molecule has 1 aromatic rings. The summed E-state index contributed by atoms with van der Waals surface area (Å²) in [6, 6.07) is 0.723. The molecule has 3 rings (SSSR count). The van der Waals surface area contributed by atoms with Crippen LogP contribution in [0.25, 0.3) is 0 Å². The van der Waals surface area contributed by atoms with Crippen LogP contribution >= 0.6 is 0 Å². The van der Waals surface area contributed by atoms with Crippen molar-refractivity contribution in [1.82, 2.24) is 15.3 Å². The molecule has 20 heavy (non-hydrogen) atoms. The van der Waals surface area contributed by atoms with Crippen LogP contribution in [0.4, 0.5) is 5.95 Å². The van der Waals surface area contributed by atoms with Crippen LogP contribution in [0.3, 0.4) is 0 Å². The molecular weight excluding hydrogens is 252 g/mol. The first-order valence-electron chi connectivity index (χ1n) is 7.64.